The van der Waals surface area contributed by atoms with Crippen LogP contribution in [-0.2, 0) is 27.1 Å². The van der Waals surface area contributed by atoms with E-state index in [0.29, 0.717) is 31.0 Å². The molecule has 1 aromatic heterocycles. The zero-order valence-corrected chi connectivity index (χ0v) is 13.9. The van der Waals surface area contributed by atoms with Crippen molar-refractivity contribution in [2.45, 2.75) is 39.0 Å². The Morgan fingerprint density at radius 2 is 2.04 bits per heavy atom. The van der Waals surface area contributed by atoms with Crippen LogP contribution in [0.5, 0.6) is 0 Å². The molecular weight excluding hydrogens is 312 g/mol. The summed E-state index contributed by atoms with van der Waals surface area (Å²) in [5.41, 5.74) is 2.23. The minimum absolute atomic E-state index is 0.163. The van der Waals surface area contributed by atoms with Crippen molar-refractivity contribution in [1.82, 2.24) is 20.7 Å². The van der Waals surface area contributed by atoms with Crippen LogP contribution in [0.25, 0.3) is 0 Å². The van der Waals surface area contributed by atoms with Gasteiger partial charge >= 0.3 is 12.1 Å². The first kappa shape index (κ1) is 16.7. The lowest BCUT2D eigenvalue weighted by molar-refractivity contribution is -0.142. The summed E-state index contributed by atoms with van der Waals surface area (Å²) in [6.07, 6.45) is 3.76. The molecule has 0 saturated heterocycles. The maximum Gasteiger partial charge on any atom is 0.407 e. The molecule has 2 aliphatic rings. The highest BCUT2D eigenvalue weighted by molar-refractivity contribution is 5.71. The highest BCUT2D eigenvalue weighted by Crippen LogP contribution is 2.52. The van der Waals surface area contributed by atoms with Crippen LogP contribution >= 0.6 is 0 Å². The van der Waals surface area contributed by atoms with E-state index >= 15 is 0 Å². The van der Waals surface area contributed by atoms with Gasteiger partial charge in [-0.2, -0.15) is 0 Å². The summed E-state index contributed by atoms with van der Waals surface area (Å²) in [7, 11) is 0. The number of hydrogen-bond acceptors (Lipinski definition) is 6. The number of nitrogens with one attached hydrogen (secondary N) is 2. The second-order valence-corrected chi connectivity index (χ2v) is 6.39. The third-order valence-corrected chi connectivity index (χ3v) is 4.97. The number of rotatable bonds is 6. The smallest absolute Gasteiger partial charge is 0.407 e. The van der Waals surface area contributed by atoms with E-state index in [9.17, 15) is 9.59 Å². The number of amides is 1. The van der Waals surface area contributed by atoms with E-state index < -0.39 is 6.09 Å². The molecule has 8 heteroatoms. The highest BCUT2D eigenvalue weighted by Gasteiger charge is 2.50. The summed E-state index contributed by atoms with van der Waals surface area (Å²) in [4.78, 5) is 22.9. The van der Waals surface area contributed by atoms with Gasteiger partial charge in [0.05, 0.1) is 31.0 Å². The number of aryl methyl sites for hydroxylation is 2. The number of esters is 1. The molecule has 3 rings (SSSR count). The molecular formula is C16H24N4O4. The largest absolute Gasteiger partial charge is 0.466 e. The molecule has 0 aromatic carbocycles. The molecule has 132 valence electrons. The Bertz CT molecular complexity index is 560. The van der Waals surface area contributed by atoms with Crippen molar-refractivity contribution in [3.05, 3.63) is 11.4 Å². The number of aromatic nitrogens is 3. The van der Waals surface area contributed by atoms with Crippen LogP contribution < -0.4 is 5.32 Å². The van der Waals surface area contributed by atoms with Crippen LogP contribution in [0.15, 0.2) is 0 Å². The van der Waals surface area contributed by atoms with E-state index in [2.05, 4.69) is 20.7 Å². The fourth-order valence-corrected chi connectivity index (χ4v) is 3.64. The molecule has 1 aromatic rings. The number of hydrogen-bond donors (Lipinski definition) is 2. The molecule has 0 bridgehead atoms. The standard InChI is InChI=1S/C16H24N4O4/c1-2-23-15(21)7-8-17-16(22)24-9-12-10-3-5-13-14(19-20-18-13)6-4-11(10)12/h10-12H,2-9H2,1H3,(H,17,22)(H,18,19,20). The zero-order valence-electron chi connectivity index (χ0n) is 13.9. The van der Waals surface area contributed by atoms with Gasteiger partial charge < -0.3 is 14.8 Å². The molecule has 1 heterocycles. The van der Waals surface area contributed by atoms with Gasteiger partial charge in [0.1, 0.15) is 0 Å². The van der Waals surface area contributed by atoms with E-state index in [1.165, 1.54) is 0 Å². The summed E-state index contributed by atoms with van der Waals surface area (Å²) in [6.45, 7) is 2.79. The van der Waals surface area contributed by atoms with Crippen molar-refractivity contribution in [2.75, 3.05) is 19.8 Å². The van der Waals surface area contributed by atoms with Gasteiger partial charge in [-0.15, -0.1) is 5.10 Å². The predicted molar refractivity (Wildman–Crippen MR) is 84.1 cm³/mol. The number of carbonyl (C=O) groups excluding carboxylic acids is 2. The van der Waals surface area contributed by atoms with E-state index in [4.69, 9.17) is 9.47 Å². The van der Waals surface area contributed by atoms with Gasteiger partial charge in [-0.3, -0.25) is 9.89 Å². The molecule has 1 saturated carbocycles. The van der Waals surface area contributed by atoms with Crippen molar-refractivity contribution in [3.8, 4) is 0 Å². The molecule has 2 N–H and O–H groups in total. The Labute approximate surface area is 140 Å². The fourth-order valence-electron chi connectivity index (χ4n) is 3.64. The van der Waals surface area contributed by atoms with Gasteiger partial charge in [-0.25, -0.2) is 4.79 Å². The first-order chi connectivity index (χ1) is 11.7. The van der Waals surface area contributed by atoms with Crippen molar-refractivity contribution in [2.24, 2.45) is 17.8 Å². The maximum absolute atomic E-state index is 11.7. The minimum atomic E-state index is -0.463. The molecule has 1 amide bonds. The molecule has 8 nitrogen and oxygen atoms in total. The highest BCUT2D eigenvalue weighted by atomic mass is 16.5. The number of alkyl carbamates (subject to hydrolysis) is 1. The maximum atomic E-state index is 11.7. The van der Waals surface area contributed by atoms with Crippen molar-refractivity contribution in [3.63, 3.8) is 0 Å². The van der Waals surface area contributed by atoms with E-state index in [-0.39, 0.29) is 18.9 Å². The van der Waals surface area contributed by atoms with Crippen LogP contribution in [0.1, 0.15) is 37.6 Å². The van der Waals surface area contributed by atoms with E-state index in [1.807, 2.05) is 0 Å². The summed E-state index contributed by atoms with van der Waals surface area (Å²) >= 11 is 0. The monoisotopic (exact) mass is 336 g/mol. The van der Waals surface area contributed by atoms with Crippen LogP contribution in [0, 0.1) is 17.8 Å². The summed E-state index contributed by atoms with van der Waals surface area (Å²) in [6, 6.07) is 0. The summed E-state index contributed by atoms with van der Waals surface area (Å²) in [5, 5.41) is 13.6. The lowest BCUT2D eigenvalue weighted by Crippen LogP contribution is -2.28. The topological polar surface area (TPSA) is 106 Å². The first-order valence-electron chi connectivity index (χ1n) is 8.64. The van der Waals surface area contributed by atoms with Crippen molar-refractivity contribution >= 4 is 12.1 Å². The SMILES string of the molecule is CCOC(=O)CCNC(=O)OCC1C2CCc3nn[nH]c3CCC21. The minimum Gasteiger partial charge on any atom is -0.466 e. The van der Waals surface area contributed by atoms with Crippen LogP contribution in [-0.4, -0.2) is 47.2 Å². The number of ether oxygens (including phenoxy) is 2. The molecule has 2 aliphatic carbocycles. The lowest BCUT2D eigenvalue weighted by atomic mass is 10.0. The van der Waals surface area contributed by atoms with Gasteiger partial charge in [-0.05, 0) is 50.4 Å². The molecule has 3 atom stereocenters. The number of nitrogens with zero attached hydrogens (tertiary/aromatic N) is 2. The average molecular weight is 336 g/mol. The predicted octanol–water partition coefficient (Wildman–Crippen LogP) is 1.23. The van der Waals surface area contributed by atoms with Crippen molar-refractivity contribution < 1.29 is 19.1 Å². The molecule has 0 aliphatic heterocycles. The summed E-state index contributed by atoms with van der Waals surface area (Å²) in [5.74, 6) is 1.36. The Hall–Kier alpha value is -2.12. The molecule has 0 radical (unpaired) electrons. The third-order valence-electron chi connectivity index (χ3n) is 4.97. The van der Waals surface area contributed by atoms with Crippen LogP contribution in [0.4, 0.5) is 4.79 Å². The van der Waals surface area contributed by atoms with E-state index in [0.717, 1.165) is 37.1 Å². The second-order valence-electron chi connectivity index (χ2n) is 6.39. The fraction of sp³-hybridized carbons (Fsp3) is 0.750. The van der Waals surface area contributed by atoms with Crippen LogP contribution in [0.3, 0.4) is 0 Å². The van der Waals surface area contributed by atoms with Gasteiger partial charge in [0, 0.05) is 6.54 Å². The zero-order chi connectivity index (χ0) is 16.9. The number of fused-ring (bicyclic) bond motifs is 2. The van der Waals surface area contributed by atoms with Gasteiger partial charge in [0.2, 0.25) is 0 Å². The number of carbonyl (C=O) groups is 2. The normalized spacial score (nSPS) is 24.8. The Morgan fingerprint density at radius 1 is 1.25 bits per heavy atom. The lowest BCUT2D eigenvalue weighted by Gasteiger charge is -2.06. The Morgan fingerprint density at radius 3 is 2.83 bits per heavy atom. The van der Waals surface area contributed by atoms with E-state index in [1.54, 1.807) is 6.92 Å². The molecule has 24 heavy (non-hydrogen) atoms. The van der Waals surface area contributed by atoms with Crippen LogP contribution in [0.2, 0.25) is 0 Å². The molecule has 3 unspecified atom stereocenters. The number of H-pyrrole nitrogens is 1. The van der Waals surface area contributed by atoms with Gasteiger partial charge in [0.15, 0.2) is 0 Å². The quantitative estimate of drug-likeness (QED) is 0.757. The van der Waals surface area contributed by atoms with Gasteiger partial charge in [-0.1, -0.05) is 5.21 Å². The average Bonchev–Trinajstić information content (AvgIpc) is 2.99. The summed E-state index contributed by atoms with van der Waals surface area (Å²) < 4.78 is 10.1. The van der Waals surface area contributed by atoms with Gasteiger partial charge in [0.25, 0.3) is 0 Å². The van der Waals surface area contributed by atoms with Crippen molar-refractivity contribution in [1.29, 1.82) is 0 Å². The Kier molecular flexibility index (Phi) is 5.32. The Balaban J connectivity index is 1.34. The molecule has 0 spiro atoms. The third kappa shape index (κ3) is 4.04. The first-order valence-corrected chi connectivity index (χ1v) is 8.64. The number of aromatic amines is 1. The molecule has 1 fully saturated rings. The second kappa shape index (κ2) is 7.63.